The fraction of sp³-hybridized carbons (Fsp3) is 0.0476. The number of benzene rings is 2. The first-order chi connectivity index (χ1) is 14.3. The molecule has 30 heavy (non-hydrogen) atoms. The average Bonchev–Trinajstić information content (AvgIpc) is 3.17. The van der Waals surface area contributed by atoms with Crippen molar-refractivity contribution in [2.45, 2.75) is 6.92 Å². The molecule has 0 saturated carbocycles. The SMILES string of the molecule is Cc1cc(Cl)ccc1NC(=O)/C(C#N)=C/c1ccc(-c2ccc(Cl)c([N+](=O)[O-])c2)o1. The highest BCUT2D eigenvalue weighted by Gasteiger charge is 2.16. The highest BCUT2D eigenvalue weighted by Crippen LogP contribution is 2.31. The topological polar surface area (TPSA) is 109 Å². The van der Waals surface area contributed by atoms with E-state index in [1.807, 2.05) is 6.07 Å². The first-order valence-corrected chi connectivity index (χ1v) is 9.27. The normalized spacial score (nSPS) is 11.1. The Balaban J connectivity index is 1.85. The number of hydrogen-bond donors (Lipinski definition) is 1. The van der Waals surface area contributed by atoms with E-state index < -0.39 is 10.8 Å². The minimum Gasteiger partial charge on any atom is -0.457 e. The second kappa shape index (κ2) is 8.82. The lowest BCUT2D eigenvalue weighted by Crippen LogP contribution is -2.14. The fourth-order valence-corrected chi connectivity index (χ4v) is 3.05. The van der Waals surface area contributed by atoms with Crippen LogP contribution in [-0.2, 0) is 4.79 Å². The van der Waals surface area contributed by atoms with Gasteiger partial charge in [-0.1, -0.05) is 23.2 Å². The van der Waals surface area contributed by atoms with Gasteiger partial charge in [0.25, 0.3) is 11.6 Å². The van der Waals surface area contributed by atoms with Crippen molar-refractivity contribution in [1.29, 1.82) is 5.26 Å². The smallest absolute Gasteiger partial charge is 0.288 e. The van der Waals surface area contributed by atoms with Gasteiger partial charge in [-0.15, -0.1) is 0 Å². The van der Waals surface area contributed by atoms with Crippen molar-refractivity contribution in [2.75, 3.05) is 5.32 Å². The summed E-state index contributed by atoms with van der Waals surface area (Å²) in [5.74, 6) is -0.0441. The molecule has 7 nitrogen and oxygen atoms in total. The number of aryl methyl sites for hydroxylation is 1. The fourth-order valence-electron chi connectivity index (χ4n) is 2.64. The van der Waals surface area contributed by atoms with Gasteiger partial charge >= 0.3 is 0 Å². The van der Waals surface area contributed by atoms with Crippen molar-refractivity contribution in [2.24, 2.45) is 0 Å². The molecule has 0 radical (unpaired) electrons. The summed E-state index contributed by atoms with van der Waals surface area (Å²) in [5.41, 5.74) is 1.29. The molecule has 2 aromatic carbocycles. The molecule has 0 atom stereocenters. The molecule has 0 saturated heterocycles. The summed E-state index contributed by atoms with van der Waals surface area (Å²) in [7, 11) is 0. The lowest BCUT2D eigenvalue weighted by atomic mass is 10.1. The van der Waals surface area contributed by atoms with E-state index in [2.05, 4.69) is 5.32 Å². The highest BCUT2D eigenvalue weighted by atomic mass is 35.5. The van der Waals surface area contributed by atoms with Gasteiger partial charge in [0, 0.05) is 28.4 Å². The van der Waals surface area contributed by atoms with Crippen molar-refractivity contribution in [1.82, 2.24) is 0 Å². The molecular formula is C21H13Cl2N3O4. The first kappa shape index (κ1) is 21.1. The predicted molar refractivity (Wildman–Crippen MR) is 114 cm³/mol. The highest BCUT2D eigenvalue weighted by molar-refractivity contribution is 6.32. The Bertz CT molecular complexity index is 1230. The molecule has 9 heteroatoms. The van der Waals surface area contributed by atoms with Gasteiger partial charge in [-0.3, -0.25) is 14.9 Å². The lowest BCUT2D eigenvalue weighted by molar-refractivity contribution is -0.384. The number of nitrogens with zero attached hydrogens (tertiary/aromatic N) is 2. The average molecular weight is 442 g/mol. The summed E-state index contributed by atoms with van der Waals surface area (Å²) in [6.45, 7) is 1.78. The third-order valence-corrected chi connectivity index (χ3v) is 4.70. The van der Waals surface area contributed by atoms with Gasteiger partial charge in [-0.25, -0.2) is 0 Å². The summed E-state index contributed by atoms with van der Waals surface area (Å²) in [6, 6.07) is 14.2. The number of nitriles is 1. The number of hydrogen-bond acceptors (Lipinski definition) is 5. The van der Waals surface area contributed by atoms with Crippen LogP contribution in [0.5, 0.6) is 0 Å². The van der Waals surface area contributed by atoms with Crippen LogP contribution in [0, 0.1) is 28.4 Å². The Hall–Kier alpha value is -3.60. The number of nitro benzene ring substituents is 1. The zero-order chi connectivity index (χ0) is 21.8. The molecule has 0 spiro atoms. The van der Waals surface area contributed by atoms with Crippen LogP contribution in [0.1, 0.15) is 11.3 Å². The van der Waals surface area contributed by atoms with Crippen molar-refractivity contribution in [3.05, 3.63) is 85.6 Å². The van der Waals surface area contributed by atoms with Gasteiger partial charge in [-0.2, -0.15) is 5.26 Å². The van der Waals surface area contributed by atoms with Crippen LogP contribution in [0.25, 0.3) is 17.4 Å². The van der Waals surface area contributed by atoms with Crippen LogP contribution in [0.4, 0.5) is 11.4 Å². The predicted octanol–water partition coefficient (Wildman–Crippen LogP) is 6.02. The minimum atomic E-state index is -0.608. The lowest BCUT2D eigenvalue weighted by Gasteiger charge is -2.07. The summed E-state index contributed by atoms with van der Waals surface area (Å²) in [4.78, 5) is 22.9. The van der Waals surface area contributed by atoms with Gasteiger partial charge in [0.1, 0.15) is 28.2 Å². The monoisotopic (exact) mass is 441 g/mol. The van der Waals surface area contributed by atoms with E-state index in [1.54, 1.807) is 43.3 Å². The van der Waals surface area contributed by atoms with Crippen LogP contribution in [0.3, 0.4) is 0 Å². The van der Waals surface area contributed by atoms with Gasteiger partial charge in [0.15, 0.2) is 0 Å². The Kier molecular flexibility index (Phi) is 6.21. The van der Waals surface area contributed by atoms with E-state index in [4.69, 9.17) is 27.6 Å². The van der Waals surface area contributed by atoms with Crippen LogP contribution in [-0.4, -0.2) is 10.8 Å². The van der Waals surface area contributed by atoms with Gasteiger partial charge in [0.2, 0.25) is 0 Å². The maximum Gasteiger partial charge on any atom is 0.288 e. The van der Waals surface area contributed by atoms with Crippen molar-refractivity contribution < 1.29 is 14.1 Å². The molecule has 150 valence electrons. The van der Waals surface area contributed by atoms with Crippen molar-refractivity contribution >= 4 is 46.6 Å². The number of nitrogens with one attached hydrogen (secondary N) is 1. The number of anilines is 1. The molecule has 0 fully saturated rings. The van der Waals surface area contributed by atoms with Crippen LogP contribution >= 0.6 is 23.2 Å². The molecule has 1 amide bonds. The second-order valence-corrected chi connectivity index (χ2v) is 7.05. The van der Waals surface area contributed by atoms with E-state index in [1.165, 1.54) is 18.2 Å². The number of carbonyl (C=O) groups excluding carboxylic acids is 1. The molecule has 1 heterocycles. The third kappa shape index (κ3) is 4.69. The van der Waals surface area contributed by atoms with E-state index in [9.17, 15) is 20.2 Å². The van der Waals surface area contributed by atoms with E-state index in [-0.39, 0.29) is 22.0 Å². The first-order valence-electron chi connectivity index (χ1n) is 8.52. The zero-order valence-corrected chi connectivity index (χ0v) is 17.0. The van der Waals surface area contributed by atoms with Gasteiger partial charge in [0.05, 0.1) is 4.92 Å². The summed E-state index contributed by atoms with van der Waals surface area (Å²) >= 11 is 11.7. The Morgan fingerprint density at radius 2 is 1.97 bits per heavy atom. The van der Waals surface area contributed by atoms with E-state index >= 15 is 0 Å². The van der Waals surface area contributed by atoms with Gasteiger partial charge in [-0.05, 0) is 55.0 Å². The molecule has 1 N–H and O–H groups in total. The van der Waals surface area contributed by atoms with Crippen molar-refractivity contribution in [3.63, 3.8) is 0 Å². The molecule has 1 aromatic heterocycles. The maximum atomic E-state index is 12.5. The Morgan fingerprint density at radius 3 is 2.63 bits per heavy atom. The second-order valence-electron chi connectivity index (χ2n) is 6.21. The molecule has 0 aliphatic heterocycles. The number of rotatable bonds is 5. The molecule has 0 aliphatic rings. The van der Waals surface area contributed by atoms with Crippen LogP contribution in [0.2, 0.25) is 10.0 Å². The van der Waals surface area contributed by atoms with Gasteiger partial charge < -0.3 is 9.73 Å². The summed E-state index contributed by atoms with van der Waals surface area (Å²) in [6.07, 6.45) is 1.29. The Morgan fingerprint density at radius 1 is 1.20 bits per heavy atom. The third-order valence-electron chi connectivity index (χ3n) is 4.14. The Labute approximate surface area is 181 Å². The quantitative estimate of drug-likeness (QED) is 0.225. The number of nitro groups is 1. The number of carbonyl (C=O) groups is 1. The number of furan rings is 1. The molecule has 0 aliphatic carbocycles. The summed E-state index contributed by atoms with van der Waals surface area (Å²) in [5, 5.41) is 23.6. The molecular weight excluding hydrogens is 429 g/mol. The standard InChI is InChI=1S/C21H13Cl2N3O4/c1-12-8-15(22)3-6-18(12)25-21(27)14(11-24)9-16-4-7-20(30-16)13-2-5-17(23)19(10-13)26(28)29/h2-10H,1H3,(H,25,27)/b14-9+. The minimum absolute atomic E-state index is 0.0105. The van der Waals surface area contributed by atoms with Crippen LogP contribution in [0.15, 0.2) is 58.5 Å². The van der Waals surface area contributed by atoms with E-state index in [0.29, 0.717) is 22.0 Å². The molecule has 3 aromatic rings. The number of amides is 1. The molecule has 0 bridgehead atoms. The zero-order valence-electron chi connectivity index (χ0n) is 15.5. The molecule has 0 unspecified atom stereocenters. The summed E-state index contributed by atoms with van der Waals surface area (Å²) < 4.78 is 5.63. The maximum absolute atomic E-state index is 12.5. The number of halogens is 2. The van der Waals surface area contributed by atoms with Crippen LogP contribution < -0.4 is 5.32 Å². The van der Waals surface area contributed by atoms with E-state index in [0.717, 1.165) is 5.56 Å². The molecule has 3 rings (SSSR count). The largest absolute Gasteiger partial charge is 0.457 e. The van der Waals surface area contributed by atoms with Crippen molar-refractivity contribution in [3.8, 4) is 17.4 Å².